The van der Waals surface area contributed by atoms with Gasteiger partial charge in [0.2, 0.25) is 6.08 Å². The van der Waals surface area contributed by atoms with Crippen molar-refractivity contribution in [2.24, 2.45) is 4.99 Å². The minimum atomic E-state index is 0.484. The summed E-state index contributed by atoms with van der Waals surface area (Å²) in [5.74, 6) is 0. The van der Waals surface area contributed by atoms with Gasteiger partial charge in [-0.3, -0.25) is 0 Å². The Labute approximate surface area is 66.0 Å². The van der Waals surface area contributed by atoms with E-state index in [0.29, 0.717) is 5.70 Å². The fourth-order valence-electron chi connectivity index (χ4n) is 0.436. The number of allylic oxidation sites excluding steroid dienone is 5. The van der Waals surface area contributed by atoms with E-state index in [9.17, 15) is 4.79 Å². The van der Waals surface area contributed by atoms with Crippen molar-refractivity contribution in [1.29, 1.82) is 0 Å². The van der Waals surface area contributed by atoms with E-state index < -0.39 is 0 Å². The molecule has 0 aliphatic carbocycles. The van der Waals surface area contributed by atoms with E-state index in [0.717, 1.165) is 0 Å². The van der Waals surface area contributed by atoms with Gasteiger partial charge in [0.05, 0.1) is 5.70 Å². The molecule has 0 rings (SSSR count). The summed E-state index contributed by atoms with van der Waals surface area (Å²) < 4.78 is 0. The summed E-state index contributed by atoms with van der Waals surface area (Å²) in [5.41, 5.74) is 0.484. The van der Waals surface area contributed by atoms with Crippen LogP contribution < -0.4 is 0 Å². The zero-order chi connectivity index (χ0) is 8.53. The van der Waals surface area contributed by atoms with E-state index >= 15 is 0 Å². The van der Waals surface area contributed by atoms with Crippen molar-refractivity contribution in [2.75, 3.05) is 0 Å². The highest BCUT2D eigenvalue weighted by Gasteiger charge is 1.79. The fourth-order valence-corrected chi connectivity index (χ4v) is 0.436. The van der Waals surface area contributed by atoms with Gasteiger partial charge in [0.1, 0.15) is 0 Å². The van der Waals surface area contributed by atoms with Crippen LogP contribution in [0.4, 0.5) is 0 Å². The second-order valence-electron chi connectivity index (χ2n) is 1.62. The first-order valence-corrected chi connectivity index (χ1v) is 3.05. The Hall–Kier alpha value is -1.66. The normalized spacial score (nSPS) is 10.7. The molecule has 0 N–H and O–H groups in total. The molecule has 56 valence electrons. The van der Waals surface area contributed by atoms with Gasteiger partial charge >= 0.3 is 0 Å². The molecule has 0 aliphatic rings. The van der Waals surface area contributed by atoms with Crippen LogP contribution in [-0.4, -0.2) is 6.08 Å². The van der Waals surface area contributed by atoms with E-state index in [1.165, 1.54) is 12.2 Å². The Morgan fingerprint density at radius 3 is 2.55 bits per heavy atom. The third-order valence-corrected chi connectivity index (χ3v) is 0.898. The van der Waals surface area contributed by atoms with E-state index in [4.69, 9.17) is 0 Å². The first kappa shape index (κ1) is 9.34. The van der Waals surface area contributed by atoms with Gasteiger partial charge in [-0.1, -0.05) is 31.4 Å². The number of hydrogen-bond acceptors (Lipinski definition) is 2. The Balaban J connectivity index is 4.34. The van der Waals surface area contributed by atoms with Crippen LogP contribution in [0.25, 0.3) is 0 Å². The summed E-state index contributed by atoms with van der Waals surface area (Å²) in [5, 5.41) is 0. The highest BCUT2D eigenvalue weighted by atomic mass is 16.1. The lowest BCUT2D eigenvalue weighted by Gasteiger charge is -1.82. The van der Waals surface area contributed by atoms with Crippen LogP contribution in [0.3, 0.4) is 0 Å². The van der Waals surface area contributed by atoms with Gasteiger partial charge in [0.15, 0.2) is 0 Å². The number of isocyanates is 1. The number of aliphatic imine (C=N–C) groups is 1. The Morgan fingerprint density at radius 1 is 1.36 bits per heavy atom. The van der Waals surface area contributed by atoms with Gasteiger partial charge in [-0.05, 0) is 12.2 Å². The molecular formula is C9H9NO. The molecule has 0 unspecified atom stereocenters. The van der Waals surface area contributed by atoms with Crippen LogP contribution >= 0.6 is 0 Å². The minimum Gasteiger partial charge on any atom is -0.211 e. The third kappa shape index (κ3) is 4.82. The Kier molecular flexibility index (Phi) is 5.49. The lowest BCUT2D eigenvalue weighted by atomic mass is 10.3. The molecule has 0 aromatic rings. The molecular weight excluding hydrogens is 138 g/mol. The number of rotatable bonds is 4. The predicted octanol–water partition coefficient (Wildman–Crippen LogP) is 2.13. The molecule has 0 saturated carbocycles. The van der Waals surface area contributed by atoms with Crippen molar-refractivity contribution in [3.63, 3.8) is 0 Å². The molecule has 0 spiro atoms. The molecule has 0 aromatic carbocycles. The highest BCUT2D eigenvalue weighted by molar-refractivity contribution is 5.40. The summed E-state index contributed by atoms with van der Waals surface area (Å²) in [6, 6.07) is 0. The maximum absolute atomic E-state index is 9.78. The average Bonchev–Trinajstić information content (AvgIpc) is 2.03. The largest absolute Gasteiger partial charge is 0.240 e. The summed E-state index contributed by atoms with van der Waals surface area (Å²) in [7, 11) is 0. The van der Waals surface area contributed by atoms with Crippen molar-refractivity contribution in [3.8, 4) is 0 Å². The summed E-state index contributed by atoms with van der Waals surface area (Å²) in [6.07, 6.45) is 9.60. The molecule has 0 aliphatic heterocycles. The number of hydrogen-bond donors (Lipinski definition) is 0. The van der Waals surface area contributed by atoms with E-state index in [1.54, 1.807) is 24.3 Å². The fraction of sp³-hybridized carbons (Fsp3) is 0. The van der Waals surface area contributed by atoms with Crippen LogP contribution in [0.15, 0.2) is 54.2 Å². The molecule has 0 aromatic heterocycles. The van der Waals surface area contributed by atoms with Crippen LogP contribution in [0, 0.1) is 0 Å². The van der Waals surface area contributed by atoms with Crippen LogP contribution in [0.1, 0.15) is 0 Å². The van der Waals surface area contributed by atoms with Crippen LogP contribution in [0.2, 0.25) is 0 Å². The predicted molar refractivity (Wildman–Crippen MR) is 45.7 cm³/mol. The van der Waals surface area contributed by atoms with Crippen molar-refractivity contribution < 1.29 is 4.79 Å². The highest BCUT2D eigenvalue weighted by Crippen LogP contribution is 1.95. The summed E-state index contributed by atoms with van der Waals surface area (Å²) >= 11 is 0. The molecule has 0 atom stereocenters. The average molecular weight is 147 g/mol. The Bertz CT molecular complexity index is 242. The van der Waals surface area contributed by atoms with Gasteiger partial charge in [-0.2, -0.15) is 4.99 Å². The lowest BCUT2D eigenvalue weighted by Crippen LogP contribution is -1.67. The molecule has 0 radical (unpaired) electrons. The standard InChI is InChI=1S/C9H9NO/c1-3-5-6-7-9(4-2)10-8-11/h3-7H,1-2H2/b6-5-,9-7+. The maximum atomic E-state index is 9.78. The molecule has 2 heteroatoms. The van der Waals surface area contributed by atoms with Gasteiger partial charge in [0, 0.05) is 0 Å². The van der Waals surface area contributed by atoms with Gasteiger partial charge in [-0.15, -0.1) is 0 Å². The summed E-state index contributed by atoms with van der Waals surface area (Å²) in [4.78, 5) is 13.1. The number of nitrogens with zero attached hydrogens (tertiary/aromatic N) is 1. The van der Waals surface area contributed by atoms with Crippen molar-refractivity contribution in [2.45, 2.75) is 0 Å². The van der Waals surface area contributed by atoms with Crippen LogP contribution in [0.5, 0.6) is 0 Å². The first-order valence-electron chi connectivity index (χ1n) is 3.05. The quantitative estimate of drug-likeness (QED) is 0.340. The maximum Gasteiger partial charge on any atom is 0.240 e. The zero-order valence-electron chi connectivity index (χ0n) is 6.16. The summed E-state index contributed by atoms with van der Waals surface area (Å²) in [6.45, 7) is 6.94. The van der Waals surface area contributed by atoms with Crippen molar-refractivity contribution in [3.05, 3.63) is 49.2 Å². The second-order valence-corrected chi connectivity index (χ2v) is 1.62. The second kappa shape index (κ2) is 6.46. The molecule has 0 bridgehead atoms. The molecule has 0 heterocycles. The lowest BCUT2D eigenvalue weighted by molar-refractivity contribution is 0.565. The topological polar surface area (TPSA) is 29.4 Å². The Morgan fingerprint density at radius 2 is 2.09 bits per heavy atom. The van der Waals surface area contributed by atoms with Crippen molar-refractivity contribution in [1.82, 2.24) is 0 Å². The molecule has 0 fully saturated rings. The smallest absolute Gasteiger partial charge is 0.211 e. The zero-order valence-corrected chi connectivity index (χ0v) is 6.16. The molecule has 0 amide bonds. The van der Waals surface area contributed by atoms with Gasteiger partial charge < -0.3 is 0 Å². The third-order valence-electron chi connectivity index (χ3n) is 0.898. The molecule has 0 saturated heterocycles. The van der Waals surface area contributed by atoms with Gasteiger partial charge in [-0.25, -0.2) is 4.79 Å². The van der Waals surface area contributed by atoms with Crippen molar-refractivity contribution >= 4 is 6.08 Å². The molecule has 2 nitrogen and oxygen atoms in total. The minimum absolute atomic E-state index is 0.484. The monoisotopic (exact) mass is 147 g/mol. The number of carbonyl (C=O) groups excluding carboxylic acids is 1. The molecule has 11 heavy (non-hydrogen) atoms. The SMILES string of the molecule is C=C/C=C\C=C(/C=C)N=C=O. The first-order chi connectivity index (χ1) is 5.35. The van der Waals surface area contributed by atoms with E-state index in [-0.39, 0.29) is 0 Å². The van der Waals surface area contributed by atoms with Gasteiger partial charge in [0.25, 0.3) is 0 Å². The van der Waals surface area contributed by atoms with E-state index in [2.05, 4.69) is 18.2 Å². The van der Waals surface area contributed by atoms with E-state index in [1.807, 2.05) is 0 Å². The van der Waals surface area contributed by atoms with Crippen LogP contribution in [-0.2, 0) is 4.79 Å².